The summed E-state index contributed by atoms with van der Waals surface area (Å²) in [6.07, 6.45) is 4.72. The minimum Gasteiger partial charge on any atom is -0.0613 e. The standard InChI is InChI=1S/C14H23P/c1-5-10-9-14(15)13(8-4)12(7-3)11(10)6-2/h9H,5-8,15H2,1-4H3/p+1. The van der Waals surface area contributed by atoms with Gasteiger partial charge in [-0.25, -0.2) is 0 Å². The van der Waals surface area contributed by atoms with Crippen molar-refractivity contribution in [1.29, 1.82) is 0 Å². The molecule has 1 aromatic rings. The third-order valence-corrected chi connectivity index (χ3v) is 3.92. The second-order valence-electron chi connectivity index (χ2n) is 4.04. The SMILES string of the molecule is CCc1cc([PH3+])c(CC)c(CC)c1CC. The van der Waals surface area contributed by atoms with E-state index in [4.69, 9.17) is 0 Å². The first-order valence-electron chi connectivity index (χ1n) is 6.17. The van der Waals surface area contributed by atoms with E-state index in [0.717, 1.165) is 0 Å². The van der Waals surface area contributed by atoms with Crippen molar-refractivity contribution in [3.05, 3.63) is 28.3 Å². The molecule has 0 heterocycles. The van der Waals surface area contributed by atoms with Crippen molar-refractivity contribution in [1.82, 2.24) is 0 Å². The summed E-state index contributed by atoms with van der Waals surface area (Å²) in [4.78, 5) is 0. The van der Waals surface area contributed by atoms with Crippen molar-refractivity contribution in [2.75, 3.05) is 0 Å². The molecule has 0 fully saturated rings. The molecular formula is C14H24P+. The van der Waals surface area contributed by atoms with Crippen LogP contribution in [-0.2, 0) is 25.7 Å². The molecular weight excluding hydrogens is 199 g/mol. The lowest BCUT2D eigenvalue weighted by Gasteiger charge is -2.16. The van der Waals surface area contributed by atoms with Crippen LogP contribution in [0.15, 0.2) is 6.07 Å². The zero-order valence-corrected chi connectivity index (χ0v) is 12.0. The molecule has 0 aliphatic carbocycles. The highest BCUT2D eigenvalue weighted by molar-refractivity contribution is 7.27. The lowest BCUT2D eigenvalue weighted by molar-refractivity contribution is 0.952. The van der Waals surface area contributed by atoms with Gasteiger partial charge in [0.25, 0.3) is 0 Å². The van der Waals surface area contributed by atoms with Gasteiger partial charge >= 0.3 is 0 Å². The third kappa shape index (κ3) is 2.42. The van der Waals surface area contributed by atoms with Crippen LogP contribution in [0.1, 0.15) is 49.9 Å². The molecule has 0 aliphatic rings. The van der Waals surface area contributed by atoms with Crippen molar-refractivity contribution in [3.8, 4) is 0 Å². The van der Waals surface area contributed by atoms with Crippen molar-refractivity contribution in [3.63, 3.8) is 0 Å². The van der Waals surface area contributed by atoms with Crippen LogP contribution >= 0.6 is 9.24 Å². The Bertz CT molecular complexity index is 340. The minimum atomic E-state index is 1.17. The first kappa shape index (κ1) is 12.7. The molecule has 15 heavy (non-hydrogen) atoms. The molecule has 0 spiro atoms. The summed E-state index contributed by atoms with van der Waals surface area (Å²) in [7, 11) is 2.05. The maximum atomic E-state index is 2.41. The van der Waals surface area contributed by atoms with Gasteiger partial charge in [-0.1, -0.05) is 27.7 Å². The summed E-state index contributed by atoms with van der Waals surface area (Å²) in [6.45, 7) is 9.11. The Morgan fingerprint density at radius 1 is 0.800 bits per heavy atom. The van der Waals surface area contributed by atoms with Crippen LogP contribution in [0, 0.1) is 0 Å². The fourth-order valence-electron chi connectivity index (χ4n) is 2.58. The summed E-state index contributed by atoms with van der Waals surface area (Å²) >= 11 is 0. The molecule has 84 valence electrons. The summed E-state index contributed by atoms with van der Waals surface area (Å²) in [5.41, 5.74) is 6.41. The molecule has 0 nitrogen and oxygen atoms in total. The van der Waals surface area contributed by atoms with Crippen molar-refractivity contribution in [2.45, 2.75) is 53.4 Å². The molecule has 1 rings (SSSR count). The average molecular weight is 223 g/mol. The van der Waals surface area contributed by atoms with Crippen LogP contribution in [0.5, 0.6) is 0 Å². The largest absolute Gasteiger partial charge is 0.0902 e. The van der Waals surface area contributed by atoms with E-state index in [1.165, 1.54) is 31.0 Å². The number of aryl methyl sites for hydroxylation is 1. The highest BCUT2D eigenvalue weighted by Gasteiger charge is 2.13. The van der Waals surface area contributed by atoms with Crippen molar-refractivity contribution in [2.24, 2.45) is 0 Å². The number of hydrogen-bond acceptors (Lipinski definition) is 0. The zero-order chi connectivity index (χ0) is 11.4. The predicted octanol–water partition coefficient (Wildman–Crippen LogP) is 3.17. The number of rotatable bonds is 4. The van der Waals surface area contributed by atoms with E-state index in [1.807, 2.05) is 9.24 Å². The highest BCUT2D eigenvalue weighted by Crippen LogP contribution is 2.22. The molecule has 1 aromatic carbocycles. The van der Waals surface area contributed by atoms with E-state index < -0.39 is 0 Å². The van der Waals surface area contributed by atoms with E-state index in [1.54, 1.807) is 22.3 Å². The quantitative estimate of drug-likeness (QED) is 0.688. The van der Waals surface area contributed by atoms with Gasteiger partial charge in [0.05, 0.1) is 5.30 Å². The Hall–Kier alpha value is -0.350. The van der Waals surface area contributed by atoms with Gasteiger partial charge < -0.3 is 0 Å². The Labute approximate surface area is 96.7 Å². The van der Waals surface area contributed by atoms with Crippen LogP contribution in [0.3, 0.4) is 0 Å². The van der Waals surface area contributed by atoms with Crippen molar-refractivity contribution >= 4 is 14.5 Å². The Balaban J connectivity index is 3.44. The van der Waals surface area contributed by atoms with Gasteiger partial charge in [0.15, 0.2) is 0 Å². The Morgan fingerprint density at radius 3 is 1.73 bits per heavy atom. The molecule has 1 atom stereocenters. The van der Waals surface area contributed by atoms with Crippen LogP contribution in [0.25, 0.3) is 0 Å². The van der Waals surface area contributed by atoms with Gasteiger partial charge in [0.2, 0.25) is 0 Å². The maximum absolute atomic E-state index is 2.41. The van der Waals surface area contributed by atoms with Gasteiger partial charge in [-0.15, -0.1) is 0 Å². The van der Waals surface area contributed by atoms with E-state index in [0.29, 0.717) is 0 Å². The van der Waals surface area contributed by atoms with Gasteiger partial charge in [-0.2, -0.15) is 0 Å². The van der Waals surface area contributed by atoms with Gasteiger partial charge in [-0.05, 0) is 54.0 Å². The molecule has 0 aromatic heterocycles. The fourth-order valence-corrected chi connectivity index (χ4v) is 3.29. The maximum Gasteiger partial charge on any atom is 0.0902 e. The molecule has 0 saturated carbocycles. The Kier molecular flexibility index (Phi) is 4.80. The predicted molar refractivity (Wildman–Crippen MR) is 74.7 cm³/mol. The summed E-state index contributed by atoms with van der Waals surface area (Å²) in [5, 5.41) is 1.52. The molecule has 0 N–H and O–H groups in total. The lowest BCUT2D eigenvalue weighted by Crippen LogP contribution is -2.12. The summed E-state index contributed by atoms with van der Waals surface area (Å²) in [6, 6.07) is 2.41. The van der Waals surface area contributed by atoms with Gasteiger partial charge in [-0.3, -0.25) is 0 Å². The van der Waals surface area contributed by atoms with E-state index in [-0.39, 0.29) is 0 Å². The summed E-state index contributed by atoms with van der Waals surface area (Å²) in [5.74, 6) is 0. The molecule has 0 aliphatic heterocycles. The molecule has 0 amide bonds. The molecule has 1 unspecified atom stereocenters. The lowest BCUT2D eigenvalue weighted by atomic mass is 9.90. The van der Waals surface area contributed by atoms with Gasteiger partial charge in [0, 0.05) is 9.24 Å². The number of hydrogen-bond donors (Lipinski definition) is 0. The second kappa shape index (κ2) is 5.66. The minimum absolute atomic E-state index is 1.17. The van der Waals surface area contributed by atoms with Crippen LogP contribution in [0.2, 0.25) is 0 Å². The molecule has 1 heteroatoms. The normalized spacial score (nSPS) is 10.9. The Morgan fingerprint density at radius 2 is 1.33 bits per heavy atom. The van der Waals surface area contributed by atoms with E-state index in [2.05, 4.69) is 33.8 Å². The topological polar surface area (TPSA) is 0 Å². The monoisotopic (exact) mass is 223 g/mol. The smallest absolute Gasteiger partial charge is 0.0613 e. The van der Waals surface area contributed by atoms with E-state index in [9.17, 15) is 0 Å². The first-order valence-corrected chi connectivity index (χ1v) is 6.88. The summed E-state index contributed by atoms with van der Waals surface area (Å²) < 4.78 is 0. The van der Waals surface area contributed by atoms with Crippen LogP contribution < -0.4 is 5.30 Å². The van der Waals surface area contributed by atoms with E-state index >= 15 is 0 Å². The van der Waals surface area contributed by atoms with Crippen LogP contribution in [-0.4, -0.2) is 0 Å². The zero-order valence-electron chi connectivity index (χ0n) is 10.6. The number of benzene rings is 1. The second-order valence-corrected chi connectivity index (χ2v) is 4.81. The van der Waals surface area contributed by atoms with Gasteiger partial charge in [0.1, 0.15) is 0 Å². The highest BCUT2D eigenvalue weighted by atomic mass is 31.0. The third-order valence-electron chi connectivity index (χ3n) is 3.29. The molecule has 0 bridgehead atoms. The van der Waals surface area contributed by atoms with Crippen LogP contribution in [0.4, 0.5) is 0 Å². The molecule has 0 saturated heterocycles. The average Bonchev–Trinajstić information content (AvgIpc) is 2.27. The van der Waals surface area contributed by atoms with Crippen molar-refractivity contribution < 1.29 is 0 Å². The first-order chi connectivity index (χ1) is 7.19. The molecule has 0 radical (unpaired) electrons. The fraction of sp³-hybridized carbons (Fsp3) is 0.571.